The normalized spacial score (nSPS) is 10.9. The molecule has 0 aliphatic carbocycles. The topological polar surface area (TPSA) is 161 Å². The molecule has 3 rings (SSSR count). The van der Waals surface area contributed by atoms with Crippen molar-refractivity contribution in [1.82, 2.24) is 15.0 Å². The van der Waals surface area contributed by atoms with E-state index in [1.54, 1.807) is 55.4 Å². The number of aromatic carboxylic acids is 1. The number of carboxylic acid groups (broad SMARTS) is 2. The molecule has 3 aromatic rings. The smallest absolute Gasteiger partial charge is 0.339 e. The minimum absolute atomic E-state index is 0.162. The molecule has 0 spiro atoms. The summed E-state index contributed by atoms with van der Waals surface area (Å²) in [6, 6.07) is 12.9. The molecular formula is C23H22N6O5. The molecule has 11 heteroatoms. The Morgan fingerprint density at radius 3 is 1.76 bits per heavy atom. The van der Waals surface area contributed by atoms with E-state index in [1.165, 1.54) is 18.2 Å². The van der Waals surface area contributed by atoms with Gasteiger partial charge < -0.3 is 30.9 Å². The first-order chi connectivity index (χ1) is 16.1. The summed E-state index contributed by atoms with van der Waals surface area (Å²) < 4.78 is 0. The number of hydrogen-bond donors (Lipinski definition) is 5. The fraction of sp³-hybridized carbons (Fsp3) is 0.0870. The van der Waals surface area contributed by atoms with Gasteiger partial charge in [0.25, 0.3) is 0 Å². The fourth-order valence-electron chi connectivity index (χ4n) is 2.73. The minimum atomic E-state index is -1.28. The Hall–Kier alpha value is -4.93. The molecule has 2 aromatic carbocycles. The summed E-state index contributed by atoms with van der Waals surface area (Å²) in [6.07, 6.45) is 1.30. The summed E-state index contributed by atoms with van der Waals surface area (Å²) in [6.45, 7) is 3.25. The van der Waals surface area contributed by atoms with Gasteiger partial charge in [-0.25, -0.2) is 9.59 Å². The molecule has 0 fully saturated rings. The summed E-state index contributed by atoms with van der Waals surface area (Å²) >= 11 is 0. The Bertz CT molecular complexity index is 1240. The van der Waals surface area contributed by atoms with Crippen molar-refractivity contribution in [3.8, 4) is 0 Å². The number of aliphatic carboxylic acids is 1. The van der Waals surface area contributed by atoms with Crippen LogP contribution in [0, 0.1) is 0 Å². The average Bonchev–Trinajstić information content (AvgIpc) is 2.78. The van der Waals surface area contributed by atoms with Crippen molar-refractivity contribution in [3.63, 3.8) is 0 Å². The number of aromatic nitrogens is 3. The first-order valence-corrected chi connectivity index (χ1v) is 9.86. The van der Waals surface area contributed by atoms with Gasteiger partial charge in [-0.05, 0) is 48.0 Å². The molecule has 5 N–H and O–H groups in total. The SMILES string of the molecule is C=C(O)/C(=C/c1ccc(Nc2nc(Nc3ccc(C(=O)O)cc3)nc(N(C)C)n2)cc1)C(=O)O. The van der Waals surface area contributed by atoms with Crippen LogP contribution < -0.4 is 15.5 Å². The molecule has 34 heavy (non-hydrogen) atoms. The van der Waals surface area contributed by atoms with Gasteiger partial charge in [-0.2, -0.15) is 15.0 Å². The third-order valence-corrected chi connectivity index (χ3v) is 4.43. The van der Waals surface area contributed by atoms with Gasteiger partial charge in [0.05, 0.1) is 5.56 Å². The van der Waals surface area contributed by atoms with Crippen molar-refractivity contribution in [1.29, 1.82) is 0 Å². The first-order valence-electron chi connectivity index (χ1n) is 9.86. The molecule has 0 saturated carbocycles. The van der Waals surface area contributed by atoms with Gasteiger partial charge in [-0.15, -0.1) is 0 Å². The Labute approximate surface area is 194 Å². The van der Waals surface area contributed by atoms with Gasteiger partial charge >= 0.3 is 11.9 Å². The number of carboxylic acids is 2. The fourth-order valence-corrected chi connectivity index (χ4v) is 2.73. The van der Waals surface area contributed by atoms with Crippen LogP contribution in [-0.2, 0) is 4.79 Å². The van der Waals surface area contributed by atoms with E-state index < -0.39 is 17.7 Å². The second-order valence-electron chi connectivity index (χ2n) is 7.24. The molecule has 1 aromatic heterocycles. The highest BCUT2D eigenvalue weighted by atomic mass is 16.4. The zero-order valence-corrected chi connectivity index (χ0v) is 18.4. The maximum atomic E-state index is 11.2. The monoisotopic (exact) mass is 462 g/mol. The van der Waals surface area contributed by atoms with Gasteiger partial charge in [0.1, 0.15) is 11.3 Å². The summed E-state index contributed by atoms with van der Waals surface area (Å²) in [5.74, 6) is -1.95. The number of aliphatic hydroxyl groups is 1. The highest BCUT2D eigenvalue weighted by Gasteiger charge is 2.12. The van der Waals surface area contributed by atoms with Crippen LogP contribution in [0.3, 0.4) is 0 Å². The van der Waals surface area contributed by atoms with E-state index >= 15 is 0 Å². The second-order valence-corrected chi connectivity index (χ2v) is 7.24. The Morgan fingerprint density at radius 1 is 0.853 bits per heavy atom. The predicted octanol–water partition coefficient (Wildman–Crippen LogP) is 3.66. The third-order valence-electron chi connectivity index (χ3n) is 4.43. The van der Waals surface area contributed by atoms with Crippen LogP contribution in [0.1, 0.15) is 15.9 Å². The Balaban J connectivity index is 1.83. The minimum Gasteiger partial charge on any atom is -0.508 e. The lowest BCUT2D eigenvalue weighted by Gasteiger charge is -2.14. The molecule has 11 nitrogen and oxygen atoms in total. The number of carbonyl (C=O) groups is 2. The number of aliphatic hydroxyl groups excluding tert-OH is 1. The van der Waals surface area contributed by atoms with E-state index in [4.69, 9.17) is 10.2 Å². The van der Waals surface area contributed by atoms with E-state index in [-0.39, 0.29) is 23.0 Å². The van der Waals surface area contributed by atoms with Crippen molar-refractivity contribution in [3.05, 3.63) is 77.6 Å². The molecule has 0 aliphatic rings. The van der Waals surface area contributed by atoms with E-state index in [1.807, 2.05) is 0 Å². The van der Waals surface area contributed by atoms with Gasteiger partial charge in [0.15, 0.2) is 0 Å². The van der Waals surface area contributed by atoms with Crippen LogP contribution in [0.4, 0.5) is 29.2 Å². The highest BCUT2D eigenvalue weighted by molar-refractivity contribution is 5.96. The predicted molar refractivity (Wildman–Crippen MR) is 128 cm³/mol. The molecule has 1 heterocycles. The van der Waals surface area contributed by atoms with Crippen LogP contribution in [-0.4, -0.2) is 56.3 Å². The van der Waals surface area contributed by atoms with Gasteiger partial charge in [-0.3, -0.25) is 0 Å². The molecule has 0 unspecified atom stereocenters. The van der Waals surface area contributed by atoms with Crippen LogP contribution in [0.5, 0.6) is 0 Å². The number of nitrogens with one attached hydrogen (secondary N) is 2. The summed E-state index contributed by atoms with van der Waals surface area (Å²) in [7, 11) is 3.56. The largest absolute Gasteiger partial charge is 0.508 e. The molecule has 0 bridgehead atoms. The zero-order chi connectivity index (χ0) is 24.8. The molecule has 0 saturated heterocycles. The maximum Gasteiger partial charge on any atom is 0.339 e. The maximum absolute atomic E-state index is 11.2. The number of benzene rings is 2. The van der Waals surface area contributed by atoms with Crippen LogP contribution >= 0.6 is 0 Å². The number of hydrogen-bond acceptors (Lipinski definition) is 9. The van der Waals surface area contributed by atoms with E-state index in [0.29, 0.717) is 22.9 Å². The molecule has 0 radical (unpaired) electrons. The van der Waals surface area contributed by atoms with Gasteiger partial charge in [-0.1, -0.05) is 18.7 Å². The van der Waals surface area contributed by atoms with E-state index in [0.717, 1.165) is 0 Å². The molecular weight excluding hydrogens is 440 g/mol. The molecule has 0 atom stereocenters. The van der Waals surface area contributed by atoms with Crippen LogP contribution in [0.15, 0.2) is 66.4 Å². The number of nitrogens with zero attached hydrogens (tertiary/aromatic N) is 4. The van der Waals surface area contributed by atoms with Crippen molar-refractivity contribution < 1.29 is 24.9 Å². The van der Waals surface area contributed by atoms with Gasteiger partial charge in [0.2, 0.25) is 17.8 Å². The first kappa shape index (κ1) is 23.7. The second kappa shape index (κ2) is 10.1. The van der Waals surface area contributed by atoms with Crippen molar-refractivity contribution in [2.75, 3.05) is 29.6 Å². The van der Waals surface area contributed by atoms with Crippen molar-refractivity contribution in [2.45, 2.75) is 0 Å². The molecule has 0 amide bonds. The number of rotatable bonds is 9. The third kappa shape index (κ3) is 6.07. The Kier molecular flexibility index (Phi) is 7.07. The summed E-state index contributed by atoms with van der Waals surface area (Å²) in [5.41, 5.74) is 1.64. The highest BCUT2D eigenvalue weighted by Crippen LogP contribution is 2.21. The van der Waals surface area contributed by atoms with E-state index in [2.05, 4.69) is 32.2 Å². The van der Waals surface area contributed by atoms with E-state index in [9.17, 15) is 14.7 Å². The van der Waals surface area contributed by atoms with Crippen molar-refractivity contribution in [2.24, 2.45) is 0 Å². The average molecular weight is 462 g/mol. The van der Waals surface area contributed by atoms with Crippen LogP contribution in [0.25, 0.3) is 6.08 Å². The summed E-state index contributed by atoms with van der Waals surface area (Å²) in [4.78, 5) is 37.0. The Morgan fingerprint density at radius 2 is 1.35 bits per heavy atom. The quantitative estimate of drug-likeness (QED) is 0.179. The van der Waals surface area contributed by atoms with Crippen molar-refractivity contribution >= 4 is 47.2 Å². The molecule has 0 aliphatic heterocycles. The van der Waals surface area contributed by atoms with Crippen LogP contribution in [0.2, 0.25) is 0 Å². The molecule has 174 valence electrons. The lowest BCUT2D eigenvalue weighted by Crippen LogP contribution is -2.15. The van der Waals surface area contributed by atoms with Gasteiger partial charge in [0, 0.05) is 25.5 Å². The zero-order valence-electron chi connectivity index (χ0n) is 18.4. The lowest BCUT2D eigenvalue weighted by molar-refractivity contribution is -0.132. The standard InChI is InChI=1S/C23H22N6O5/c1-13(30)18(20(33)34)12-14-4-8-16(9-5-14)24-21-26-22(28-23(27-21)29(2)3)25-17-10-6-15(7-11-17)19(31)32/h4-12,30H,1H2,2-3H3,(H,31,32)(H,33,34)(H2,24,25,26,27,28)/b18-12-. The lowest BCUT2D eigenvalue weighted by atomic mass is 10.1. The number of anilines is 5. The summed E-state index contributed by atoms with van der Waals surface area (Å²) in [5, 5.41) is 33.7.